The Kier molecular flexibility index (Phi) is 8.08. The smallest absolute Gasteiger partial charge is 0.251 e. The number of amides is 1. The van der Waals surface area contributed by atoms with Crippen molar-refractivity contribution < 1.29 is 17.9 Å². The zero-order valence-corrected chi connectivity index (χ0v) is 19.1. The molecular formula is C21H35N3O4S. The Morgan fingerprint density at radius 1 is 1.21 bits per heavy atom. The molecule has 0 radical (unpaired) electrons. The SMILES string of the molecule is COc1cc(C)cc(C(=O)NCC2CCN(CCNS(=O)(=O)C(C)(C)C)CC2)c1. The van der Waals surface area contributed by atoms with Crippen molar-refractivity contribution in [1.82, 2.24) is 14.9 Å². The monoisotopic (exact) mass is 425 g/mol. The number of hydrogen-bond donors (Lipinski definition) is 2. The maximum absolute atomic E-state index is 12.4. The van der Waals surface area contributed by atoms with Crippen LogP contribution in [0, 0.1) is 12.8 Å². The van der Waals surface area contributed by atoms with E-state index in [0.717, 1.165) is 31.5 Å². The first kappa shape index (κ1) is 23.6. The molecule has 29 heavy (non-hydrogen) atoms. The van der Waals surface area contributed by atoms with Gasteiger partial charge in [0.2, 0.25) is 10.0 Å². The van der Waals surface area contributed by atoms with Gasteiger partial charge in [0.1, 0.15) is 5.75 Å². The van der Waals surface area contributed by atoms with E-state index in [4.69, 9.17) is 4.74 Å². The Balaban J connectivity index is 1.72. The summed E-state index contributed by atoms with van der Waals surface area (Å²) in [6, 6.07) is 5.51. The van der Waals surface area contributed by atoms with Gasteiger partial charge in [-0.15, -0.1) is 0 Å². The van der Waals surface area contributed by atoms with Gasteiger partial charge in [0.25, 0.3) is 5.91 Å². The van der Waals surface area contributed by atoms with E-state index in [-0.39, 0.29) is 5.91 Å². The van der Waals surface area contributed by atoms with Gasteiger partial charge in [-0.05, 0) is 83.3 Å². The van der Waals surface area contributed by atoms with Crippen LogP contribution in [0.15, 0.2) is 18.2 Å². The van der Waals surface area contributed by atoms with Gasteiger partial charge >= 0.3 is 0 Å². The van der Waals surface area contributed by atoms with Gasteiger partial charge in [0, 0.05) is 25.2 Å². The Bertz CT molecular complexity index is 795. The van der Waals surface area contributed by atoms with Gasteiger partial charge in [-0.3, -0.25) is 4.79 Å². The van der Waals surface area contributed by atoms with Crippen molar-refractivity contribution >= 4 is 15.9 Å². The average molecular weight is 426 g/mol. The number of nitrogens with zero attached hydrogens (tertiary/aromatic N) is 1. The third-order valence-electron chi connectivity index (χ3n) is 5.33. The first-order valence-corrected chi connectivity index (χ1v) is 11.7. The topological polar surface area (TPSA) is 87.7 Å². The number of sulfonamides is 1. The van der Waals surface area contributed by atoms with Crippen LogP contribution in [0.3, 0.4) is 0 Å². The Morgan fingerprint density at radius 2 is 1.86 bits per heavy atom. The van der Waals surface area contributed by atoms with Crippen LogP contribution in [-0.2, 0) is 10.0 Å². The van der Waals surface area contributed by atoms with Gasteiger partial charge in [-0.1, -0.05) is 0 Å². The third kappa shape index (κ3) is 6.97. The molecule has 8 heteroatoms. The molecule has 1 heterocycles. The molecule has 0 spiro atoms. The van der Waals surface area contributed by atoms with E-state index in [1.54, 1.807) is 33.9 Å². The summed E-state index contributed by atoms with van der Waals surface area (Å²) in [6.45, 7) is 10.6. The Labute approximate surface area is 175 Å². The summed E-state index contributed by atoms with van der Waals surface area (Å²) < 4.78 is 31.3. The molecule has 7 nitrogen and oxygen atoms in total. The lowest BCUT2D eigenvalue weighted by atomic mass is 9.96. The lowest BCUT2D eigenvalue weighted by Crippen LogP contribution is -2.45. The molecule has 0 aliphatic carbocycles. The number of carbonyl (C=O) groups excluding carboxylic acids is 1. The molecule has 0 unspecified atom stereocenters. The van der Waals surface area contributed by atoms with E-state index in [9.17, 15) is 13.2 Å². The number of ether oxygens (including phenoxy) is 1. The highest BCUT2D eigenvalue weighted by molar-refractivity contribution is 7.90. The van der Waals surface area contributed by atoms with Crippen molar-refractivity contribution in [1.29, 1.82) is 0 Å². The van der Waals surface area contributed by atoms with Crippen LogP contribution in [0.2, 0.25) is 0 Å². The summed E-state index contributed by atoms with van der Waals surface area (Å²) in [5, 5.41) is 3.04. The summed E-state index contributed by atoms with van der Waals surface area (Å²) in [4.78, 5) is 14.7. The van der Waals surface area contributed by atoms with Gasteiger partial charge in [-0.25, -0.2) is 13.1 Å². The van der Waals surface area contributed by atoms with Gasteiger partial charge in [0.15, 0.2) is 0 Å². The highest BCUT2D eigenvalue weighted by Gasteiger charge is 2.28. The average Bonchev–Trinajstić information content (AvgIpc) is 2.65. The van der Waals surface area contributed by atoms with E-state index in [1.165, 1.54) is 0 Å². The first-order valence-electron chi connectivity index (χ1n) is 10.2. The van der Waals surface area contributed by atoms with Crippen molar-refractivity contribution in [3.63, 3.8) is 0 Å². The summed E-state index contributed by atoms with van der Waals surface area (Å²) >= 11 is 0. The van der Waals surface area contributed by atoms with Gasteiger partial charge in [0.05, 0.1) is 11.9 Å². The lowest BCUT2D eigenvalue weighted by Gasteiger charge is -2.32. The molecule has 0 bridgehead atoms. The predicted octanol–water partition coefficient (Wildman–Crippen LogP) is 2.16. The highest BCUT2D eigenvalue weighted by Crippen LogP contribution is 2.19. The number of likely N-dealkylation sites (tertiary alicyclic amines) is 1. The number of benzene rings is 1. The molecule has 1 aromatic carbocycles. The maximum atomic E-state index is 12.4. The van der Waals surface area contributed by atoms with E-state index in [0.29, 0.717) is 36.9 Å². The molecule has 1 aromatic rings. The number of carbonyl (C=O) groups is 1. The third-order valence-corrected chi connectivity index (χ3v) is 7.53. The minimum Gasteiger partial charge on any atom is -0.497 e. The van der Waals surface area contributed by atoms with Crippen molar-refractivity contribution in [2.45, 2.75) is 45.3 Å². The first-order chi connectivity index (χ1) is 13.5. The minimum absolute atomic E-state index is 0.0778. The molecule has 1 aliphatic rings. The van der Waals surface area contributed by atoms with Crippen molar-refractivity contribution in [2.24, 2.45) is 5.92 Å². The normalized spacial score (nSPS) is 16.6. The number of aryl methyl sites for hydroxylation is 1. The molecule has 0 saturated carbocycles. The quantitative estimate of drug-likeness (QED) is 0.666. The molecule has 164 valence electrons. The molecule has 1 aliphatic heterocycles. The molecule has 2 rings (SSSR count). The summed E-state index contributed by atoms with van der Waals surface area (Å²) in [6.07, 6.45) is 1.98. The summed E-state index contributed by atoms with van der Waals surface area (Å²) in [5.41, 5.74) is 1.61. The second-order valence-electron chi connectivity index (χ2n) is 8.74. The second-order valence-corrected chi connectivity index (χ2v) is 11.3. The molecular weight excluding hydrogens is 390 g/mol. The second kappa shape index (κ2) is 9.91. The summed E-state index contributed by atoms with van der Waals surface area (Å²) in [7, 11) is -1.70. The number of nitrogens with one attached hydrogen (secondary N) is 2. The molecule has 1 saturated heterocycles. The Hall–Kier alpha value is -1.64. The zero-order chi connectivity index (χ0) is 21.7. The summed E-state index contributed by atoms with van der Waals surface area (Å²) in [5.74, 6) is 1.05. The van der Waals surface area contributed by atoms with E-state index < -0.39 is 14.8 Å². The minimum atomic E-state index is -3.30. The standard InChI is InChI=1S/C21H35N3O4S/c1-16-12-18(14-19(13-16)28-5)20(25)22-15-17-6-9-24(10-7-17)11-8-23-29(26,27)21(2,3)4/h12-14,17,23H,6-11,15H2,1-5H3,(H,22,25). The molecule has 0 atom stereocenters. The van der Waals surface area contributed by atoms with Crippen LogP contribution in [0.5, 0.6) is 5.75 Å². The van der Waals surface area contributed by atoms with Gasteiger partial charge < -0.3 is 15.0 Å². The number of piperidine rings is 1. The van der Waals surface area contributed by atoms with E-state index >= 15 is 0 Å². The van der Waals surface area contributed by atoms with E-state index in [2.05, 4.69) is 14.9 Å². The zero-order valence-electron chi connectivity index (χ0n) is 18.2. The Morgan fingerprint density at radius 3 is 2.45 bits per heavy atom. The van der Waals surface area contributed by atoms with Crippen molar-refractivity contribution in [2.75, 3.05) is 39.8 Å². The van der Waals surface area contributed by atoms with Crippen LogP contribution in [0.1, 0.15) is 49.5 Å². The number of methoxy groups -OCH3 is 1. The molecule has 1 amide bonds. The number of rotatable bonds is 8. The van der Waals surface area contributed by atoms with Crippen LogP contribution in [0.25, 0.3) is 0 Å². The maximum Gasteiger partial charge on any atom is 0.251 e. The van der Waals surface area contributed by atoms with Crippen molar-refractivity contribution in [3.8, 4) is 5.75 Å². The molecule has 1 fully saturated rings. The van der Waals surface area contributed by atoms with Gasteiger partial charge in [-0.2, -0.15) is 0 Å². The van der Waals surface area contributed by atoms with Crippen LogP contribution < -0.4 is 14.8 Å². The highest BCUT2D eigenvalue weighted by atomic mass is 32.2. The van der Waals surface area contributed by atoms with Crippen molar-refractivity contribution in [3.05, 3.63) is 29.3 Å². The molecule has 2 N–H and O–H groups in total. The van der Waals surface area contributed by atoms with E-state index in [1.807, 2.05) is 19.1 Å². The largest absolute Gasteiger partial charge is 0.497 e. The molecule has 0 aromatic heterocycles. The number of hydrogen-bond acceptors (Lipinski definition) is 5. The van der Waals surface area contributed by atoms with Crippen LogP contribution in [0.4, 0.5) is 0 Å². The lowest BCUT2D eigenvalue weighted by molar-refractivity contribution is 0.0936. The predicted molar refractivity (Wildman–Crippen MR) is 116 cm³/mol. The van der Waals surface area contributed by atoms with Crippen LogP contribution in [-0.4, -0.2) is 63.8 Å². The van der Waals surface area contributed by atoms with Crippen LogP contribution >= 0.6 is 0 Å². The fraction of sp³-hybridized carbons (Fsp3) is 0.667. The fourth-order valence-electron chi connectivity index (χ4n) is 3.30. The fourth-order valence-corrected chi connectivity index (χ4v) is 4.10.